The third kappa shape index (κ3) is 5.03. The molecular weight excluding hydrogens is 394 g/mol. The Morgan fingerprint density at radius 2 is 1.77 bits per heavy atom. The maximum Gasteiger partial charge on any atom is 0.238 e. The summed E-state index contributed by atoms with van der Waals surface area (Å²) in [6.45, 7) is 4.18. The molecule has 1 aliphatic rings. The Balaban J connectivity index is 2.17. The summed E-state index contributed by atoms with van der Waals surface area (Å²) in [5.41, 5.74) is 0.582. The number of rotatable bonds is 10. The van der Waals surface area contributed by atoms with E-state index in [1.165, 1.54) is 4.90 Å². The molecule has 0 radical (unpaired) electrons. The molecule has 2 atom stereocenters. The molecule has 1 saturated heterocycles. The molecule has 4 nitrogen and oxygen atoms in total. The molecule has 0 aromatic heterocycles. The average Bonchev–Trinajstić information content (AvgIpc) is 2.91. The summed E-state index contributed by atoms with van der Waals surface area (Å²) >= 11 is 3.36. The molecule has 0 N–H and O–H groups in total. The van der Waals surface area contributed by atoms with Gasteiger partial charge in [-0.25, -0.2) is 0 Å². The molecule has 1 heterocycles. The van der Waals surface area contributed by atoms with Crippen LogP contribution in [-0.4, -0.2) is 17.6 Å². The highest BCUT2D eigenvalue weighted by Crippen LogP contribution is 2.35. The van der Waals surface area contributed by atoms with E-state index in [1.807, 2.05) is 12.1 Å². The second kappa shape index (κ2) is 10.0. The van der Waals surface area contributed by atoms with E-state index in [0.29, 0.717) is 18.5 Å². The highest BCUT2D eigenvalue weighted by molar-refractivity contribution is 9.10. The molecule has 0 spiro atoms. The first-order valence-corrected chi connectivity index (χ1v) is 10.4. The van der Waals surface area contributed by atoms with Gasteiger partial charge in [-0.1, -0.05) is 55.5 Å². The van der Waals surface area contributed by atoms with Gasteiger partial charge in [-0.05, 0) is 37.1 Å². The van der Waals surface area contributed by atoms with Crippen LogP contribution in [0.5, 0.6) is 0 Å². The monoisotopic (exact) mass is 421 g/mol. The number of imide groups is 1. The minimum atomic E-state index is -0.508. The largest absolute Gasteiger partial charge is 0.299 e. The summed E-state index contributed by atoms with van der Waals surface area (Å²) in [6.07, 6.45) is 6.17. The van der Waals surface area contributed by atoms with Gasteiger partial charge in [0.1, 0.15) is 5.78 Å². The molecule has 26 heavy (non-hydrogen) atoms. The van der Waals surface area contributed by atoms with Gasteiger partial charge in [-0.3, -0.25) is 19.3 Å². The molecular formula is C21H28BrNO3. The lowest BCUT2D eigenvalue weighted by Crippen LogP contribution is -2.34. The highest BCUT2D eigenvalue weighted by Gasteiger charge is 2.45. The van der Waals surface area contributed by atoms with Gasteiger partial charge in [-0.2, -0.15) is 0 Å². The smallest absolute Gasteiger partial charge is 0.238 e. The third-order valence-electron chi connectivity index (χ3n) is 5.06. The fourth-order valence-electron chi connectivity index (χ4n) is 3.58. The third-order valence-corrected chi connectivity index (χ3v) is 5.59. The number of anilines is 1. The molecule has 1 aromatic carbocycles. The van der Waals surface area contributed by atoms with Crippen molar-refractivity contribution >= 4 is 39.2 Å². The van der Waals surface area contributed by atoms with E-state index in [-0.39, 0.29) is 29.9 Å². The van der Waals surface area contributed by atoms with Crippen LogP contribution in [0.2, 0.25) is 0 Å². The van der Waals surface area contributed by atoms with E-state index in [2.05, 4.69) is 29.8 Å². The van der Waals surface area contributed by atoms with Gasteiger partial charge in [-0.15, -0.1) is 0 Å². The number of Topliss-reactive ketones (excluding diaryl/α,β-unsaturated/α-hetero) is 1. The van der Waals surface area contributed by atoms with E-state index < -0.39 is 5.92 Å². The van der Waals surface area contributed by atoms with Gasteiger partial charge in [0.2, 0.25) is 11.8 Å². The predicted octanol–water partition coefficient (Wildman–Crippen LogP) is 5.28. The van der Waals surface area contributed by atoms with E-state index in [1.54, 1.807) is 12.1 Å². The number of hydrogen-bond acceptors (Lipinski definition) is 3. The summed E-state index contributed by atoms with van der Waals surface area (Å²) in [5.74, 6) is -1.11. The lowest BCUT2D eigenvalue weighted by Gasteiger charge is -2.21. The summed E-state index contributed by atoms with van der Waals surface area (Å²) in [6, 6.07) is 7.14. The van der Waals surface area contributed by atoms with Gasteiger partial charge >= 0.3 is 0 Å². The van der Waals surface area contributed by atoms with Crippen molar-refractivity contribution in [2.45, 2.75) is 65.2 Å². The first kappa shape index (κ1) is 20.8. The Hall–Kier alpha value is -1.49. The SMILES string of the molecule is CCCCCC(=O)C(CCCC)C1CC(=O)N(c2ccc(Br)cc2)C1=O. The number of carbonyl (C=O) groups is 3. The quantitative estimate of drug-likeness (QED) is 0.381. The summed E-state index contributed by atoms with van der Waals surface area (Å²) in [7, 11) is 0. The van der Waals surface area contributed by atoms with Crippen molar-refractivity contribution < 1.29 is 14.4 Å². The van der Waals surface area contributed by atoms with Crippen molar-refractivity contribution in [1.29, 1.82) is 0 Å². The Bertz CT molecular complexity index is 641. The Morgan fingerprint density at radius 1 is 1.12 bits per heavy atom. The van der Waals surface area contributed by atoms with Crippen LogP contribution >= 0.6 is 15.9 Å². The van der Waals surface area contributed by atoms with Crippen molar-refractivity contribution in [3.63, 3.8) is 0 Å². The molecule has 2 amide bonds. The van der Waals surface area contributed by atoms with Crippen molar-refractivity contribution in [1.82, 2.24) is 0 Å². The second-order valence-electron chi connectivity index (χ2n) is 7.03. The second-order valence-corrected chi connectivity index (χ2v) is 7.94. The Kier molecular flexibility index (Phi) is 8.01. The molecule has 0 bridgehead atoms. The van der Waals surface area contributed by atoms with Gasteiger partial charge in [0, 0.05) is 23.2 Å². The molecule has 2 unspecified atom stereocenters. The van der Waals surface area contributed by atoms with E-state index >= 15 is 0 Å². The predicted molar refractivity (Wildman–Crippen MR) is 107 cm³/mol. The molecule has 142 valence electrons. The Labute approximate surface area is 164 Å². The number of carbonyl (C=O) groups excluding carboxylic acids is 3. The number of ketones is 1. The molecule has 1 aromatic rings. The van der Waals surface area contributed by atoms with Crippen LogP contribution in [0.25, 0.3) is 0 Å². The molecule has 2 rings (SSSR count). The van der Waals surface area contributed by atoms with Crippen molar-refractivity contribution in [3.8, 4) is 0 Å². The standard InChI is InChI=1S/C21H28BrNO3/c1-3-5-7-9-19(24)17(8-6-4-2)18-14-20(25)23(21(18)26)16-12-10-15(22)11-13-16/h10-13,17-18H,3-9,14H2,1-2H3. The first-order valence-electron chi connectivity index (χ1n) is 9.64. The minimum Gasteiger partial charge on any atom is -0.299 e. The van der Waals surface area contributed by atoms with Crippen LogP contribution < -0.4 is 4.90 Å². The topological polar surface area (TPSA) is 54.5 Å². The van der Waals surface area contributed by atoms with Crippen molar-refractivity contribution in [3.05, 3.63) is 28.7 Å². The molecule has 1 aliphatic heterocycles. The van der Waals surface area contributed by atoms with Crippen molar-refractivity contribution in [2.24, 2.45) is 11.8 Å². The summed E-state index contributed by atoms with van der Waals surface area (Å²) < 4.78 is 0.892. The number of unbranched alkanes of at least 4 members (excludes halogenated alkanes) is 3. The van der Waals surface area contributed by atoms with E-state index in [4.69, 9.17) is 0 Å². The lowest BCUT2D eigenvalue weighted by molar-refractivity contribution is -0.131. The Morgan fingerprint density at radius 3 is 2.38 bits per heavy atom. The number of halogens is 1. The normalized spacial score (nSPS) is 18.4. The maximum absolute atomic E-state index is 13.0. The van der Waals surface area contributed by atoms with Gasteiger partial charge in [0.25, 0.3) is 0 Å². The first-order chi connectivity index (χ1) is 12.5. The molecule has 1 fully saturated rings. The number of nitrogens with zero attached hydrogens (tertiary/aromatic N) is 1. The van der Waals surface area contributed by atoms with Crippen molar-refractivity contribution in [2.75, 3.05) is 4.90 Å². The fraction of sp³-hybridized carbons (Fsp3) is 0.571. The van der Waals surface area contributed by atoms with Gasteiger partial charge in [0.05, 0.1) is 11.6 Å². The zero-order valence-electron chi connectivity index (χ0n) is 15.7. The zero-order valence-corrected chi connectivity index (χ0v) is 17.3. The van der Waals surface area contributed by atoms with Crippen LogP contribution in [0.1, 0.15) is 65.2 Å². The number of amides is 2. The molecule has 5 heteroatoms. The number of benzene rings is 1. The average molecular weight is 422 g/mol. The number of hydrogen-bond donors (Lipinski definition) is 0. The maximum atomic E-state index is 13.0. The molecule has 0 aliphatic carbocycles. The summed E-state index contributed by atoms with van der Waals surface area (Å²) in [4.78, 5) is 39.5. The minimum absolute atomic E-state index is 0.142. The highest BCUT2D eigenvalue weighted by atomic mass is 79.9. The summed E-state index contributed by atoms with van der Waals surface area (Å²) in [5, 5.41) is 0. The van der Waals surface area contributed by atoms with Crippen LogP contribution in [0.15, 0.2) is 28.7 Å². The zero-order chi connectivity index (χ0) is 19.1. The van der Waals surface area contributed by atoms with Gasteiger partial charge in [0.15, 0.2) is 0 Å². The van der Waals surface area contributed by atoms with Crippen LogP contribution in [0.4, 0.5) is 5.69 Å². The van der Waals surface area contributed by atoms with E-state index in [9.17, 15) is 14.4 Å². The van der Waals surface area contributed by atoms with Crippen LogP contribution in [0, 0.1) is 11.8 Å². The molecule has 0 saturated carbocycles. The lowest BCUT2D eigenvalue weighted by atomic mass is 9.82. The van der Waals surface area contributed by atoms with Crippen LogP contribution in [0.3, 0.4) is 0 Å². The fourth-order valence-corrected chi connectivity index (χ4v) is 3.84. The van der Waals surface area contributed by atoms with Crippen LogP contribution in [-0.2, 0) is 14.4 Å². The van der Waals surface area contributed by atoms with Gasteiger partial charge < -0.3 is 0 Å². The van der Waals surface area contributed by atoms with E-state index in [0.717, 1.165) is 36.6 Å².